The van der Waals surface area contributed by atoms with Crippen LogP contribution >= 0.6 is 22.6 Å². The van der Waals surface area contributed by atoms with Gasteiger partial charge in [-0.1, -0.05) is 30.3 Å². The molecule has 1 amide bonds. The van der Waals surface area contributed by atoms with Crippen molar-refractivity contribution in [1.82, 2.24) is 4.90 Å². The third-order valence-electron chi connectivity index (χ3n) is 1.74. The van der Waals surface area contributed by atoms with Gasteiger partial charge < -0.3 is 4.90 Å². The van der Waals surface area contributed by atoms with Gasteiger partial charge in [-0.25, -0.2) is 0 Å². The maximum atomic E-state index is 11.4. The van der Waals surface area contributed by atoms with E-state index in [0.29, 0.717) is 0 Å². The topological polar surface area (TPSA) is 20.3 Å². The molecule has 0 aliphatic carbocycles. The smallest absolute Gasteiger partial charge is 0.247 e. The molecule has 0 aliphatic heterocycles. The number of likely N-dealkylation sites (N-methyl/N-ethyl adjacent to an activating group) is 1. The molecule has 0 fully saturated rings. The molecule has 0 saturated carbocycles. The van der Waals surface area contributed by atoms with Gasteiger partial charge in [0.2, 0.25) is 5.91 Å². The number of halogens is 1. The van der Waals surface area contributed by atoms with Crippen molar-refractivity contribution in [2.24, 2.45) is 0 Å². The average molecular weight is 301 g/mol. The lowest BCUT2D eigenvalue weighted by Gasteiger charge is -2.06. The van der Waals surface area contributed by atoms with E-state index < -0.39 is 0 Å². The molecular weight excluding hydrogens is 289 g/mol. The van der Waals surface area contributed by atoms with Crippen molar-refractivity contribution in [1.29, 1.82) is 0 Å². The number of hydrogen-bond donors (Lipinski definition) is 0. The molecular formula is C11H12INO. The zero-order chi connectivity index (χ0) is 10.6. The molecule has 0 aliphatic rings. The van der Waals surface area contributed by atoms with Crippen LogP contribution in [0.25, 0.3) is 3.58 Å². The molecule has 0 heterocycles. The van der Waals surface area contributed by atoms with E-state index >= 15 is 0 Å². The van der Waals surface area contributed by atoms with E-state index in [1.165, 1.54) is 0 Å². The number of carbonyl (C=O) groups excluding carboxylic acids is 1. The minimum atomic E-state index is 0.0123. The normalized spacial score (nSPS) is 11.2. The quantitative estimate of drug-likeness (QED) is 0.607. The summed E-state index contributed by atoms with van der Waals surface area (Å²) in [5, 5.41) is 0. The van der Waals surface area contributed by atoms with E-state index in [1.807, 2.05) is 30.3 Å². The van der Waals surface area contributed by atoms with E-state index in [1.54, 1.807) is 25.1 Å². The van der Waals surface area contributed by atoms with Crippen molar-refractivity contribution in [3.8, 4) is 0 Å². The average Bonchev–Trinajstić information content (AvgIpc) is 2.19. The van der Waals surface area contributed by atoms with Crippen molar-refractivity contribution >= 4 is 32.1 Å². The maximum absolute atomic E-state index is 11.4. The third kappa shape index (κ3) is 3.14. The molecule has 0 unspecified atom stereocenters. The molecule has 1 aromatic carbocycles. The summed E-state index contributed by atoms with van der Waals surface area (Å²) in [6.45, 7) is 0. The highest BCUT2D eigenvalue weighted by atomic mass is 127. The van der Waals surface area contributed by atoms with Crippen LogP contribution in [0.4, 0.5) is 0 Å². The van der Waals surface area contributed by atoms with Crippen LogP contribution < -0.4 is 0 Å². The first-order valence-electron chi connectivity index (χ1n) is 4.25. The summed E-state index contributed by atoms with van der Waals surface area (Å²) in [5.41, 5.74) is 1.07. The highest BCUT2D eigenvalue weighted by Gasteiger charge is 2.02. The van der Waals surface area contributed by atoms with Crippen LogP contribution in [0.15, 0.2) is 36.4 Å². The van der Waals surface area contributed by atoms with Gasteiger partial charge in [0, 0.05) is 23.8 Å². The minimum absolute atomic E-state index is 0.0123. The Morgan fingerprint density at radius 3 is 2.36 bits per heavy atom. The lowest BCUT2D eigenvalue weighted by Crippen LogP contribution is -2.19. The molecule has 0 aromatic heterocycles. The second-order valence-corrected chi connectivity index (χ2v) is 4.25. The first-order valence-corrected chi connectivity index (χ1v) is 5.33. The lowest BCUT2D eigenvalue weighted by molar-refractivity contribution is -0.123. The molecule has 2 nitrogen and oxygen atoms in total. The predicted molar refractivity (Wildman–Crippen MR) is 67.1 cm³/mol. The third-order valence-corrected chi connectivity index (χ3v) is 2.67. The first kappa shape index (κ1) is 11.2. The van der Waals surface area contributed by atoms with Gasteiger partial charge in [-0.05, 0) is 28.2 Å². The van der Waals surface area contributed by atoms with E-state index in [4.69, 9.17) is 0 Å². The largest absolute Gasteiger partial charge is 0.345 e. The van der Waals surface area contributed by atoms with Crippen LogP contribution in [0.2, 0.25) is 0 Å². The summed E-state index contributed by atoms with van der Waals surface area (Å²) in [7, 11) is 3.49. The Labute approximate surface area is 97.7 Å². The molecule has 1 rings (SSSR count). The summed E-state index contributed by atoms with van der Waals surface area (Å²) in [6.07, 6.45) is 1.63. The summed E-state index contributed by atoms with van der Waals surface area (Å²) in [6, 6.07) is 9.85. The Balaban J connectivity index is 2.85. The molecule has 0 radical (unpaired) electrons. The van der Waals surface area contributed by atoms with E-state index in [-0.39, 0.29) is 5.91 Å². The molecule has 0 atom stereocenters. The van der Waals surface area contributed by atoms with Crippen LogP contribution in [0.3, 0.4) is 0 Å². The highest BCUT2D eigenvalue weighted by molar-refractivity contribution is 14.1. The minimum Gasteiger partial charge on any atom is -0.345 e. The van der Waals surface area contributed by atoms with Crippen molar-refractivity contribution in [3.63, 3.8) is 0 Å². The van der Waals surface area contributed by atoms with Crippen molar-refractivity contribution < 1.29 is 4.79 Å². The Morgan fingerprint density at radius 1 is 1.29 bits per heavy atom. The van der Waals surface area contributed by atoms with Crippen LogP contribution in [-0.2, 0) is 4.79 Å². The zero-order valence-electron chi connectivity index (χ0n) is 8.20. The van der Waals surface area contributed by atoms with Crippen LogP contribution in [-0.4, -0.2) is 24.9 Å². The Hall–Kier alpha value is -0.840. The summed E-state index contributed by atoms with van der Waals surface area (Å²) in [4.78, 5) is 12.9. The van der Waals surface area contributed by atoms with Crippen molar-refractivity contribution in [2.45, 2.75) is 0 Å². The standard InChI is InChI=1S/C11H12INO/c1-13(2)11(14)8-10(12)9-6-4-3-5-7-9/h3-8H,1-2H3/b10-8-. The van der Waals surface area contributed by atoms with Crippen molar-refractivity contribution in [2.75, 3.05) is 14.1 Å². The SMILES string of the molecule is CN(C)C(=O)/C=C(\I)c1ccccc1. The molecule has 14 heavy (non-hydrogen) atoms. The number of rotatable bonds is 2. The molecule has 3 heteroatoms. The molecule has 0 spiro atoms. The Kier molecular flexibility index (Phi) is 4.13. The molecule has 0 saturated heterocycles. The van der Waals surface area contributed by atoms with Gasteiger partial charge in [-0.3, -0.25) is 4.79 Å². The summed E-state index contributed by atoms with van der Waals surface area (Å²) >= 11 is 2.17. The monoisotopic (exact) mass is 301 g/mol. The fourth-order valence-corrected chi connectivity index (χ4v) is 1.54. The van der Waals surface area contributed by atoms with Gasteiger partial charge in [-0.15, -0.1) is 0 Å². The van der Waals surface area contributed by atoms with Gasteiger partial charge >= 0.3 is 0 Å². The number of nitrogens with zero attached hydrogens (tertiary/aromatic N) is 1. The predicted octanol–water partition coefficient (Wildman–Crippen LogP) is 2.55. The Morgan fingerprint density at radius 2 is 1.86 bits per heavy atom. The number of carbonyl (C=O) groups is 1. The van der Waals surface area contributed by atoms with Crippen LogP contribution in [0.1, 0.15) is 5.56 Å². The Bertz CT molecular complexity index is 344. The summed E-state index contributed by atoms with van der Waals surface area (Å²) in [5.74, 6) is 0.0123. The van der Waals surface area contributed by atoms with Gasteiger partial charge in [0.25, 0.3) is 0 Å². The first-order chi connectivity index (χ1) is 6.61. The van der Waals surface area contributed by atoms with E-state index in [2.05, 4.69) is 22.6 Å². The van der Waals surface area contributed by atoms with Crippen molar-refractivity contribution in [3.05, 3.63) is 42.0 Å². The summed E-state index contributed by atoms with van der Waals surface area (Å²) < 4.78 is 0.960. The second-order valence-electron chi connectivity index (χ2n) is 3.09. The van der Waals surface area contributed by atoms with E-state index in [0.717, 1.165) is 9.14 Å². The van der Waals surface area contributed by atoms with Gasteiger partial charge in [-0.2, -0.15) is 0 Å². The van der Waals surface area contributed by atoms with Gasteiger partial charge in [0.05, 0.1) is 0 Å². The fourth-order valence-electron chi connectivity index (χ4n) is 0.918. The molecule has 1 aromatic rings. The number of amides is 1. The van der Waals surface area contributed by atoms with Crippen LogP contribution in [0.5, 0.6) is 0 Å². The second kappa shape index (κ2) is 5.14. The lowest BCUT2D eigenvalue weighted by atomic mass is 10.2. The number of hydrogen-bond acceptors (Lipinski definition) is 1. The number of benzene rings is 1. The maximum Gasteiger partial charge on any atom is 0.247 e. The molecule has 0 bridgehead atoms. The zero-order valence-corrected chi connectivity index (χ0v) is 10.4. The fraction of sp³-hybridized carbons (Fsp3) is 0.182. The van der Waals surface area contributed by atoms with Crippen LogP contribution in [0, 0.1) is 0 Å². The molecule has 0 N–H and O–H groups in total. The highest BCUT2D eigenvalue weighted by Crippen LogP contribution is 2.20. The van der Waals surface area contributed by atoms with Gasteiger partial charge in [0.1, 0.15) is 0 Å². The van der Waals surface area contributed by atoms with Gasteiger partial charge in [0.15, 0.2) is 0 Å². The van der Waals surface area contributed by atoms with E-state index in [9.17, 15) is 4.79 Å². The molecule has 74 valence electrons.